The summed E-state index contributed by atoms with van der Waals surface area (Å²) in [6.45, 7) is 9.11. The van der Waals surface area contributed by atoms with Gasteiger partial charge in [-0.05, 0) is 70.9 Å². The highest BCUT2D eigenvalue weighted by Gasteiger charge is 2.53. The Morgan fingerprint density at radius 3 is 1.93 bits per heavy atom. The molecule has 0 aromatic heterocycles. The maximum absolute atomic E-state index is 7.01. The van der Waals surface area contributed by atoms with Gasteiger partial charge in [0.2, 0.25) is 0 Å². The van der Waals surface area contributed by atoms with Gasteiger partial charge < -0.3 is 9.64 Å². The fourth-order valence-electron chi connectivity index (χ4n) is 8.03. The maximum atomic E-state index is 7.01. The first-order chi connectivity index (χ1) is 21.9. The number of hydrogen-bond acceptors (Lipinski definition) is 3. The van der Waals surface area contributed by atoms with Crippen LogP contribution in [0.1, 0.15) is 36.1 Å². The van der Waals surface area contributed by atoms with Crippen molar-refractivity contribution in [3.8, 4) is 11.5 Å². The van der Waals surface area contributed by atoms with Gasteiger partial charge in [-0.25, -0.2) is 0 Å². The zero-order chi connectivity index (χ0) is 30.5. The van der Waals surface area contributed by atoms with Crippen molar-refractivity contribution in [2.75, 3.05) is 4.90 Å². The molecule has 218 valence electrons. The molecule has 3 heterocycles. The molecule has 0 bridgehead atoms. The molecule has 6 aromatic rings. The zero-order valence-corrected chi connectivity index (χ0v) is 27.7. The number of nitrogens with zero attached hydrogens (tertiary/aromatic N) is 1. The summed E-state index contributed by atoms with van der Waals surface area (Å²) in [5.41, 5.74) is 8.69. The predicted molar refractivity (Wildman–Crippen MR) is 191 cm³/mol. The number of rotatable bonds is 2. The average Bonchev–Trinajstić information content (AvgIpc) is 3.05. The van der Waals surface area contributed by atoms with Gasteiger partial charge in [0.05, 0.1) is 17.1 Å². The molecule has 0 aliphatic carbocycles. The van der Waals surface area contributed by atoms with Crippen LogP contribution in [0.25, 0.3) is 0 Å². The molecule has 0 N–H and O–H groups in total. The van der Waals surface area contributed by atoms with E-state index < -0.39 is 8.07 Å². The molecule has 0 radical (unpaired) electrons. The largest absolute Gasteiger partial charge is 0.457 e. The van der Waals surface area contributed by atoms with Crippen molar-refractivity contribution < 1.29 is 4.74 Å². The fraction of sp³-hybridized carbons (Fsp3) is 0.122. The van der Waals surface area contributed by atoms with Crippen LogP contribution in [0.3, 0.4) is 0 Å². The minimum absolute atomic E-state index is 0.111. The zero-order valence-electron chi connectivity index (χ0n) is 25.9. The lowest BCUT2D eigenvalue weighted by Gasteiger charge is -2.45. The van der Waals surface area contributed by atoms with Gasteiger partial charge in [-0.1, -0.05) is 128 Å². The lowest BCUT2D eigenvalue weighted by molar-refractivity contribution is 0.486. The smallest absolute Gasteiger partial charge is 0.190 e. The minimum Gasteiger partial charge on any atom is -0.457 e. The summed E-state index contributed by atoms with van der Waals surface area (Å²) in [6.07, 6.45) is 0. The number of fused-ring (bicyclic) bond motifs is 6. The van der Waals surface area contributed by atoms with E-state index in [1.165, 1.54) is 64.2 Å². The molecule has 0 amide bonds. The Bertz CT molecular complexity index is 2060. The van der Waals surface area contributed by atoms with Crippen molar-refractivity contribution >= 4 is 57.6 Å². The van der Waals surface area contributed by atoms with Crippen LogP contribution >= 0.6 is 11.8 Å². The lowest BCUT2D eigenvalue weighted by atomic mass is 9.73. The van der Waals surface area contributed by atoms with E-state index in [0.717, 1.165) is 17.2 Å². The van der Waals surface area contributed by atoms with Crippen LogP contribution in [-0.2, 0) is 5.41 Å². The van der Waals surface area contributed by atoms with E-state index in [4.69, 9.17) is 4.74 Å². The first-order valence-corrected chi connectivity index (χ1v) is 18.5. The first kappa shape index (κ1) is 26.9. The second kappa shape index (κ2) is 9.49. The van der Waals surface area contributed by atoms with Gasteiger partial charge in [0.15, 0.2) is 8.07 Å². The Hall–Kier alpha value is -4.51. The van der Waals surface area contributed by atoms with Crippen LogP contribution in [-0.4, -0.2) is 8.07 Å². The molecular formula is C41H33NOSSi. The molecule has 2 nitrogen and oxygen atoms in total. The third-order valence-corrected chi connectivity index (χ3v) is 16.4. The Balaban J connectivity index is 1.38. The normalized spacial score (nSPS) is 18.1. The molecule has 0 fully saturated rings. The summed E-state index contributed by atoms with van der Waals surface area (Å²) < 4.78 is 7.01. The summed E-state index contributed by atoms with van der Waals surface area (Å²) in [5, 5.41) is 5.58. The van der Waals surface area contributed by atoms with Crippen molar-refractivity contribution in [1.82, 2.24) is 0 Å². The fourth-order valence-corrected chi connectivity index (χ4v) is 15.4. The predicted octanol–water partition coefficient (Wildman–Crippen LogP) is 8.36. The average molecular weight is 616 g/mol. The Labute approximate surface area is 270 Å². The second-order valence-electron chi connectivity index (χ2n) is 13.1. The van der Waals surface area contributed by atoms with Gasteiger partial charge in [0.1, 0.15) is 11.5 Å². The van der Waals surface area contributed by atoms with Gasteiger partial charge in [-0.3, -0.25) is 0 Å². The van der Waals surface area contributed by atoms with E-state index in [-0.39, 0.29) is 5.41 Å². The number of ether oxygens (including phenoxy) is 1. The van der Waals surface area contributed by atoms with E-state index in [9.17, 15) is 0 Å². The summed E-state index contributed by atoms with van der Waals surface area (Å²) in [5.74, 6) is 1.96. The number of anilines is 3. The Morgan fingerprint density at radius 2 is 1.22 bits per heavy atom. The van der Waals surface area contributed by atoms with Crippen LogP contribution in [0.5, 0.6) is 11.5 Å². The third-order valence-electron chi connectivity index (χ3n) is 10.0. The van der Waals surface area contributed by atoms with Crippen LogP contribution in [0, 0.1) is 13.8 Å². The summed E-state index contributed by atoms with van der Waals surface area (Å²) in [6, 6.07) is 47.6. The second-order valence-corrected chi connectivity index (χ2v) is 17.9. The van der Waals surface area contributed by atoms with Gasteiger partial charge in [0.25, 0.3) is 0 Å². The molecule has 0 saturated carbocycles. The SMILES string of the molecule is Cc1ccc2c(c1)[Si]1(c3ccccc3)c3cc(C)ccc3Sc3cc(N4c5ccccc5C(C)(C)c5ccccc54)cc(c31)O2. The van der Waals surface area contributed by atoms with Crippen molar-refractivity contribution in [3.63, 3.8) is 0 Å². The minimum atomic E-state index is -2.72. The molecule has 0 saturated heterocycles. The van der Waals surface area contributed by atoms with Crippen molar-refractivity contribution in [2.24, 2.45) is 0 Å². The van der Waals surface area contributed by atoms with Crippen molar-refractivity contribution in [1.29, 1.82) is 0 Å². The highest BCUT2D eigenvalue weighted by atomic mass is 32.2. The highest BCUT2D eigenvalue weighted by Crippen LogP contribution is 2.53. The van der Waals surface area contributed by atoms with E-state index in [1.54, 1.807) is 0 Å². The molecule has 45 heavy (non-hydrogen) atoms. The molecule has 0 spiro atoms. The highest BCUT2D eigenvalue weighted by molar-refractivity contribution is 8.00. The lowest BCUT2D eigenvalue weighted by Crippen LogP contribution is -2.78. The van der Waals surface area contributed by atoms with Gasteiger partial charge in [-0.15, -0.1) is 0 Å². The van der Waals surface area contributed by atoms with Crippen LogP contribution in [0.15, 0.2) is 137 Å². The van der Waals surface area contributed by atoms with E-state index in [0.29, 0.717) is 0 Å². The maximum Gasteiger partial charge on any atom is 0.190 e. The number of benzene rings is 6. The van der Waals surface area contributed by atoms with E-state index in [2.05, 4.69) is 160 Å². The van der Waals surface area contributed by atoms with Crippen molar-refractivity contribution in [2.45, 2.75) is 42.9 Å². The number of aryl methyl sites for hydroxylation is 2. The quantitative estimate of drug-likeness (QED) is 0.181. The van der Waals surface area contributed by atoms with Gasteiger partial charge in [-0.2, -0.15) is 0 Å². The third kappa shape index (κ3) is 3.64. The van der Waals surface area contributed by atoms with Crippen LogP contribution in [0.4, 0.5) is 17.1 Å². The molecule has 3 aliphatic rings. The molecule has 9 rings (SSSR count). The monoisotopic (exact) mass is 615 g/mol. The molecule has 6 aromatic carbocycles. The van der Waals surface area contributed by atoms with E-state index >= 15 is 0 Å². The van der Waals surface area contributed by atoms with Crippen molar-refractivity contribution in [3.05, 3.63) is 150 Å². The van der Waals surface area contributed by atoms with Crippen LogP contribution < -0.4 is 30.4 Å². The van der Waals surface area contributed by atoms with Crippen LogP contribution in [0.2, 0.25) is 0 Å². The molecule has 3 aliphatic heterocycles. The van der Waals surface area contributed by atoms with Gasteiger partial charge in [0, 0.05) is 26.5 Å². The summed E-state index contributed by atoms with van der Waals surface area (Å²) >= 11 is 1.90. The molecule has 1 unspecified atom stereocenters. The summed E-state index contributed by atoms with van der Waals surface area (Å²) in [4.78, 5) is 5.10. The first-order valence-electron chi connectivity index (χ1n) is 15.7. The Morgan fingerprint density at radius 1 is 0.600 bits per heavy atom. The number of hydrogen-bond donors (Lipinski definition) is 0. The number of para-hydroxylation sites is 2. The standard InChI is InChI=1S/C41H33NOSSi/c1-26-18-20-34-38(22-26)45(29-12-6-5-7-13-29)39-23-27(2)19-21-36(39)44-37-25-28(24-35(43-34)40(37)45)42-32-16-10-8-14-30(32)41(3,4)31-15-9-11-17-33(31)42/h5-25H,1-4H3. The van der Waals surface area contributed by atoms with E-state index in [1.807, 2.05) is 11.8 Å². The topological polar surface area (TPSA) is 12.5 Å². The molecular weight excluding hydrogens is 583 g/mol. The van der Waals surface area contributed by atoms with Gasteiger partial charge >= 0.3 is 0 Å². The Kier molecular flexibility index (Phi) is 5.67. The molecule has 4 heteroatoms. The molecule has 1 atom stereocenters. The summed E-state index contributed by atoms with van der Waals surface area (Å²) in [7, 11) is -2.72.